The number of anilines is 1. The number of halogens is 1. The van der Waals surface area contributed by atoms with Crippen molar-refractivity contribution < 1.29 is 5.11 Å². The Morgan fingerprint density at radius 1 is 1.47 bits per heavy atom. The van der Waals surface area contributed by atoms with Crippen LogP contribution in [-0.2, 0) is 6.54 Å². The zero-order valence-corrected chi connectivity index (χ0v) is 10.5. The molecule has 5 heteroatoms. The maximum absolute atomic E-state index is 9.34. The summed E-state index contributed by atoms with van der Waals surface area (Å²) in [5.74, 6) is 0.488. The second-order valence-electron chi connectivity index (χ2n) is 4.47. The number of aromatic nitrogens is 1. The van der Waals surface area contributed by atoms with Gasteiger partial charge in [-0.1, -0.05) is 18.0 Å². The van der Waals surface area contributed by atoms with Gasteiger partial charge in [-0.15, -0.1) is 0 Å². The third-order valence-electron chi connectivity index (χ3n) is 3.25. The average Bonchev–Trinajstić information content (AvgIpc) is 2.34. The molecule has 0 spiro atoms. The molecule has 0 aliphatic carbocycles. The van der Waals surface area contributed by atoms with Crippen molar-refractivity contribution in [1.29, 1.82) is 0 Å². The normalized spacial score (nSPS) is 21.6. The number of piperidine rings is 1. The van der Waals surface area contributed by atoms with Crippen molar-refractivity contribution in [2.45, 2.75) is 31.8 Å². The SMILES string of the molecule is Nc1ccc(Cl)c(CN2CCCCC2CO)n1. The maximum atomic E-state index is 9.34. The van der Waals surface area contributed by atoms with Crippen LogP contribution in [0.15, 0.2) is 12.1 Å². The van der Waals surface area contributed by atoms with Crippen LogP contribution in [0.5, 0.6) is 0 Å². The molecule has 1 aromatic heterocycles. The third-order valence-corrected chi connectivity index (χ3v) is 3.60. The van der Waals surface area contributed by atoms with Crippen molar-refractivity contribution >= 4 is 17.4 Å². The van der Waals surface area contributed by atoms with Crippen molar-refractivity contribution in [3.05, 3.63) is 22.8 Å². The predicted molar refractivity (Wildman–Crippen MR) is 68.8 cm³/mol. The van der Waals surface area contributed by atoms with Crippen LogP contribution in [0.4, 0.5) is 5.82 Å². The summed E-state index contributed by atoms with van der Waals surface area (Å²) in [6.45, 7) is 1.84. The van der Waals surface area contributed by atoms with Crippen LogP contribution in [0.3, 0.4) is 0 Å². The minimum absolute atomic E-state index is 0.194. The topological polar surface area (TPSA) is 62.4 Å². The lowest BCUT2D eigenvalue weighted by Crippen LogP contribution is -2.41. The molecule has 1 saturated heterocycles. The Morgan fingerprint density at radius 3 is 3.06 bits per heavy atom. The van der Waals surface area contributed by atoms with Crippen LogP contribution >= 0.6 is 11.6 Å². The van der Waals surface area contributed by atoms with Gasteiger partial charge in [0.25, 0.3) is 0 Å². The Labute approximate surface area is 106 Å². The summed E-state index contributed by atoms with van der Waals surface area (Å²) in [7, 11) is 0. The fraction of sp³-hybridized carbons (Fsp3) is 0.583. The predicted octanol–water partition coefficient (Wildman–Crippen LogP) is 1.66. The summed E-state index contributed by atoms with van der Waals surface area (Å²) in [5.41, 5.74) is 6.46. The van der Waals surface area contributed by atoms with E-state index in [0.29, 0.717) is 17.4 Å². The molecule has 0 radical (unpaired) electrons. The highest BCUT2D eigenvalue weighted by Gasteiger charge is 2.22. The summed E-state index contributed by atoms with van der Waals surface area (Å²) in [6.07, 6.45) is 3.38. The molecular formula is C12H18ClN3O. The molecule has 0 saturated carbocycles. The van der Waals surface area contributed by atoms with Gasteiger partial charge in [-0.25, -0.2) is 4.98 Å². The van der Waals surface area contributed by atoms with Gasteiger partial charge in [0.15, 0.2) is 0 Å². The summed E-state index contributed by atoms with van der Waals surface area (Å²) < 4.78 is 0. The number of aliphatic hydroxyl groups excluding tert-OH is 1. The first-order valence-electron chi connectivity index (χ1n) is 5.96. The molecule has 2 heterocycles. The Balaban J connectivity index is 2.10. The van der Waals surface area contributed by atoms with E-state index < -0.39 is 0 Å². The number of rotatable bonds is 3. The number of nitrogen functional groups attached to an aromatic ring is 1. The largest absolute Gasteiger partial charge is 0.395 e. The van der Waals surface area contributed by atoms with Gasteiger partial charge in [0.2, 0.25) is 0 Å². The van der Waals surface area contributed by atoms with Crippen LogP contribution in [0.25, 0.3) is 0 Å². The van der Waals surface area contributed by atoms with Crippen LogP contribution in [0.1, 0.15) is 25.0 Å². The monoisotopic (exact) mass is 255 g/mol. The van der Waals surface area contributed by atoms with E-state index in [0.717, 1.165) is 25.1 Å². The molecule has 2 rings (SSSR count). The van der Waals surface area contributed by atoms with Gasteiger partial charge in [0.05, 0.1) is 17.3 Å². The minimum Gasteiger partial charge on any atom is -0.395 e. The molecule has 4 nitrogen and oxygen atoms in total. The minimum atomic E-state index is 0.194. The van der Waals surface area contributed by atoms with Gasteiger partial charge in [-0.3, -0.25) is 4.90 Å². The molecule has 0 aromatic carbocycles. The molecule has 1 fully saturated rings. The second kappa shape index (κ2) is 5.67. The van der Waals surface area contributed by atoms with Crippen molar-refractivity contribution in [1.82, 2.24) is 9.88 Å². The highest BCUT2D eigenvalue weighted by Crippen LogP contribution is 2.22. The van der Waals surface area contributed by atoms with Crippen molar-refractivity contribution in [2.75, 3.05) is 18.9 Å². The van der Waals surface area contributed by atoms with Gasteiger partial charge in [0, 0.05) is 12.6 Å². The first kappa shape index (κ1) is 12.6. The van der Waals surface area contributed by atoms with Gasteiger partial charge in [-0.05, 0) is 31.5 Å². The van der Waals surface area contributed by atoms with E-state index in [-0.39, 0.29) is 12.6 Å². The number of aliphatic hydroxyl groups is 1. The summed E-state index contributed by atoms with van der Waals surface area (Å²) in [6, 6.07) is 3.70. The lowest BCUT2D eigenvalue weighted by Gasteiger charge is -2.34. The zero-order chi connectivity index (χ0) is 12.3. The van der Waals surface area contributed by atoms with E-state index in [1.54, 1.807) is 12.1 Å². The highest BCUT2D eigenvalue weighted by molar-refractivity contribution is 6.31. The summed E-state index contributed by atoms with van der Waals surface area (Å²) >= 11 is 6.10. The summed E-state index contributed by atoms with van der Waals surface area (Å²) in [4.78, 5) is 6.49. The van der Waals surface area contributed by atoms with E-state index in [1.165, 1.54) is 6.42 Å². The Morgan fingerprint density at radius 2 is 2.29 bits per heavy atom. The fourth-order valence-corrected chi connectivity index (χ4v) is 2.44. The van der Waals surface area contributed by atoms with Crippen molar-refractivity contribution in [2.24, 2.45) is 0 Å². The number of likely N-dealkylation sites (tertiary alicyclic amines) is 1. The van der Waals surface area contributed by atoms with E-state index >= 15 is 0 Å². The number of nitrogens with zero attached hydrogens (tertiary/aromatic N) is 2. The Bertz CT molecular complexity index is 386. The Kier molecular flexibility index (Phi) is 4.20. The van der Waals surface area contributed by atoms with E-state index in [2.05, 4.69) is 9.88 Å². The number of nitrogens with two attached hydrogens (primary N) is 1. The van der Waals surface area contributed by atoms with Gasteiger partial charge in [0.1, 0.15) is 5.82 Å². The van der Waals surface area contributed by atoms with Crippen molar-refractivity contribution in [3.63, 3.8) is 0 Å². The number of hydrogen-bond acceptors (Lipinski definition) is 4. The van der Waals surface area contributed by atoms with Crippen LogP contribution < -0.4 is 5.73 Å². The van der Waals surface area contributed by atoms with Crippen LogP contribution in [-0.4, -0.2) is 34.2 Å². The van der Waals surface area contributed by atoms with Crippen LogP contribution in [0, 0.1) is 0 Å². The molecule has 1 aromatic rings. The molecule has 1 atom stereocenters. The summed E-state index contributed by atoms with van der Waals surface area (Å²) in [5, 5.41) is 9.98. The molecule has 1 unspecified atom stereocenters. The standard InChI is InChI=1S/C12H18ClN3O/c13-10-4-5-12(14)15-11(10)7-16-6-2-1-3-9(16)8-17/h4-5,9,17H,1-3,6-8H2,(H2,14,15). The first-order valence-corrected chi connectivity index (χ1v) is 6.34. The van der Waals surface area contributed by atoms with Gasteiger partial charge < -0.3 is 10.8 Å². The van der Waals surface area contributed by atoms with Gasteiger partial charge >= 0.3 is 0 Å². The Hall–Kier alpha value is -0.840. The number of pyridine rings is 1. The van der Waals surface area contributed by atoms with E-state index in [4.69, 9.17) is 17.3 Å². The molecule has 17 heavy (non-hydrogen) atoms. The molecular weight excluding hydrogens is 238 g/mol. The lowest BCUT2D eigenvalue weighted by atomic mass is 10.0. The molecule has 3 N–H and O–H groups in total. The maximum Gasteiger partial charge on any atom is 0.123 e. The second-order valence-corrected chi connectivity index (χ2v) is 4.87. The van der Waals surface area contributed by atoms with Crippen molar-refractivity contribution in [3.8, 4) is 0 Å². The zero-order valence-electron chi connectivity index (χ0n) is 9.77. The molecule has 0 bridgehead atoms. The third kappa shape index (κ3) is 3.09. The van der Waals surface area contributed by atoms with Crippen LogP contribution in [0.2, 0.25) is 5.02 Å². The highest BCUT2D eigenvalue weighted by atomic mass is 35.5. The number of hydrogen-bond donors (Lipinski definition) is 2. The van der Waals surface area contributed by atoms with Gasteiger partial charge in [-0.2, -0.15) is 0 Å². The lowest BCUT2D eigenvalue weighted by molar-refractivity contribution is 0.0831. The molecule has 1 aliphatic rings. The van der Waals surface area contributed by atoms with E-state index in [9.17, 15) is 5.11 Å². The molecule has 94 valence electrons. The quantitative estimate of drug-likeness (QED) is 0.863. The smallest absolute Gasteiger partial charge is 0.123 e. The average molecular weight is 256 g/mol. The molecule has 0 amide bonds. The van der Waals surface area contributed by atoms with E-state index in [1.807, 2.05) is 0 Å². The molecule has 1 aliphatic heterocycles. The fourth-order valence-electron chi connectivity index (χ4n) is 2.28. The first-order chi connectivity index (χ1) is 8.20.